The van der Waals surface area contributed by atoms with Gasteiger partial charge in [0.1, 0.15) is 11.6 Å². The molecule has 0 fully saturated rings. The van der Waals surface area contributed by atoms with Gasteiger partial charge in [-0.3, -0.25) is 0 Å². The van der Waals surface area contributed by atoms with Crippen LogP contribution in [0.15, 0.2) is 18.2 Å². The fourth-order valence-corrected chi connectivity index (χ4v) is 1.97. The van der Waals surface area contributed by atoms with Gasteiger partial charge in [0.25, 0.3) is 0 Å². The van der Waals surface area contributed by atoms with Gasteiger partial charge in [-0.1, -0.05) is 13.3 Å². The molecule has 84 valence electrons. The summed E-state index contributed by atoms with van der Waals surface area (Å²) in [5.74, 6) is 0.636. The van der Waals surface area contributed by atoms with Crippen molar-refractivity contribution in [2.45, 2.75) is 19.8 Å². The van der Waals surface area contributed by atoms with Crippen LogP contribution in [0, 0.1) is 11.6 Å². The molecule has 0 radical (unpaired) electrons. The number of hydrogen-bond donors (Lipinski definition) is 1. The first kappa shape index (κ1) is 12.3. The normalized spacial score (nSPS) is 10.3. The van der Waals surface area contributed by atoms with Crippen molar-refractivity contribution in [1.82, 2.24) is 0 Å². The topological polar surface area (TPSA) is 12.0 Å². The maximum atomic E-state index is 13.1. The minimum Gasteiger partial charge on any atom is -0.374 e. The van der Waals surface area contributed by atoms with Crippen molar-refractivity contribution in [3.05, 3.63) is 29.8 Å². The van der Waals surface area contributed by atoms with Gasteiger partial charge in [0.05, 0.1) is 11.6 Å². The Bertz CT molecular complexity index is 305. The first-order valence-electron chi connectivity index (χ1n) is 5.00. The number of nitrogens with one attached hydrogen (secondary N) is 1. The zero-order chi connectivity index (χ0) is 11.1. The molecule has 0 saturated carbocycles. The lowest BCUT2D eigenvalue weighted by Crippen LogP contribution is -2.01. The highest BCUT2D eigenvalue weighted by molar-refractivity contribution is 7.99. The first-order valence-corrected chi connectivity index (χ1v) is 6.16. The van der Waals surface area contributed by atoms with Crippen LogP contribution < -0.4 is 5.32 Å². The van der Waals surface area contributed by atoms with Crippen LogP contribution in [0.3, 0.4) is 0 Å². The Labute approximate surface area is 93.3 Å². The minimum absolute atomic E-state index is 0.361. The molecule has 0 amide bonds. The predicted octanol–water partition coefficient (Wildman–Crippen LogP) is 3.87. The zero-order valence-electron chi connectivity index (χ0n) is 8.72. The highest BCUT2D eigenvalue weighted by Gasteiger charge is 2.01. The van der Waals surface area contributed by atoms with Crippen LogP contribution in [0.25, 0.3) is 0 Å². The number of rotatable bonds is 6. The van der Waals surface area contributed by atoms with Crippen molar-refractivity contribution in [2.75, 3.05) is 16.9 Å². The van der Waals surface area contributed by atoms with Gasteiger partial charge in [-0.05, 0) is 24.3 Å². The quantitative estimate of drug-likeness (QED) is 0.589. The molecule has 0 aliphatic heterocycles. The Kier molecular flexibility index (Phi) is 5.47. The standard InChI is InChI=1S/C11H15F2NS/c1-2-3-6-15-8-14-11-5-4-9(12)7-10(11)13/h4-5,7,14H,2-3,6,8H2,1H3. The van der Waals surface area contributed by atoms with Crippen LogP contribution in [0.5, 0.6) is 0 Å². The molecule has 1 aromatic rings. The third-order valence-electron chi connectivity index (χ3n) is 1.94. The summed E-state index contributed by atoms with van der Waals surface area (Å²) in [6, 6.07) is 3.56. The summed E-state index contributed by atoms with van der Waals surface area (Å²) in [6.45, 7) is 2.13. The fourth-order valence-electron chi connectivity index (χ4n) is 1.08. The smallest absolute Gasteiger partial charge is 0.149 e. The molecule has 15 heavy (non-hydrogen) atoms. The van der Waals surface area contributed by atoms with E-state index in [9.17, 15) is 8.78 Å². The van der Waals surface area contributed by atoms with E-state index in [2.05, 4.69) is 12.2 Å². The second-order valence-electron chi connectivity index (χ2n) is 3.21. The van der Waals surface area contributed by atoms with E-state index in [4.69, 9.17) is 0 Å². The van der Waals surface area contributed by atoms with E-state index < -0.39 is 11.6 Å². The largest absolute Gasteiger partial charge is 0.374 e. The SMILES string of the molecule is CCCCSCNc1ccc(F)cc1F. The molecule has 1 rings (SSSR count). The second-order valence-corrected chi connectivity index (χ2v) is 4.31. The molecule has 0 aromatic heterocycles. The zero-order valence-corrected chi connectivity index (χ0v) is 9.54. The fraction of sp³-hybridized carbons (Fsp3) is 0.455. The number of halogens is 2. The van der Waals surface area contributed by atoms with Crippen molar-refractivity contribution in [3.8, 4) is 0 Å². The highest BCUT2D eigenvalue weighted by Crippen LogP contribution is 2.16. The van der Waals surface area contributed by atoms with Crippen molar-refractivity contribution >= 4 is 17.4 Å². The van der Waals surface area contributed by atoms with Crippen molar-refractivity contribution in [3.63, 3.8) is 0 Å². The van der Waals surface area contributed by atoms with Gasteiger partial charge >= 0.3 is 0 Å². The Balaban J connectivity index is 2.31. The molecule has 0 saturated heterocycles. The van der Waals surface area contributed by atoms with E-state index in [1.165, 1.54) is 12.1 Å². The van der Waals surface area contributed by atoms with Crippen LogP contribution >= 0.6 is 11.8 Å². The van der Waals surface area contributed by atoms with Gasteiger partial charge in [0, 0.05) is 6.07 Å². The lowest BCUT2D eigenvalue weighted by Gasteiger charge is -2.06. The molecule has 0 heterocycles. The van der Waals surface area contributed by atoms with Crippen LogP contribution in [0.4, 0.5) is 14.5 Å². The molecule has 0 aliphatic carbocycles. The summed E-state index contributed by atoms with van der Waals surface area (Å²) in [5.41, 5.74) is 0.361. The van der Waals surface area contributed by atoms with E-state index >= 15 is 0 Å². The average Bonchev–Trinajstić information content (AvgIpc) is 2.20. The molecule has 4 heteroatoms. The number of unbranched alkanes of at least 4 members (excludes halogenated alkanes) is 1. The van der Waals surface area contributed by atoms with E-state index in [-0.39, 0.29) is 0 Å². The van der Waals surface area contributed by atoms with Gasteiger partial charge in [-0.25, -0.2) is 8.78 Å². The molecule has 0 aliphatic rings. The summed E-state index contributed by atoms with van der Waals surface area (Å²) in [7, 11) is 0. The molecule has 1 nitrogen and oxygen atoms in total. The van der Waals surface area contributed by atoms with E-state index in [0.717, 1.165) is 24.7 Å². The van der Waals surface area contributed by atoms with Crippen molar-refractivity contribution in [1.29, 1.82) is 0 Å². The highest BCUT2D eigenvalue weighted by atomic mass is 32.2. The monoisotopic (exact) mass is 231 g/mol. The van der Waals surface area contributed by atoms with Crippen LogP contribution in [-0.2, 0) is 0 Å². The van der Waals surface area contributed by atoms with Crippen molar-refractivity contribution in [2.24, 2.45) is 0 Å². The molecule has 1 aromatic carbocycles. The van der Waals surface area contributed by atoms with Gasteiger partial charge < -0.3 is 5.32 Å². The minimum atomic E-state index is -0.545. The Morgan fingerprint density at radius 2 is 2.13 bits per heavy atom. The van der Waals surface area contributed by atoms with Crippen LogP contribution in [-0.4, -0.2) is 11.6 Å². The number of hydrogen-bond acceptors (Lipinski definition) is 2. The molecule has 0 unspecified atom stereocenters. The van der Waals surface area contributed by atoms with Crippen LogP contribution in [0.1, 0.15) is 19.8 Å². The second kappa shape index (κ2) is 6.67. The van der Waals surface area contributed by atoms with Gasteiger partial charge in [-0.2, -0.15) is 0 Å². The first-order chi connectivity index (χ1) is 7.24. The molecule has 1 N–H and O–H groups in total. The maximum Gasteiger partial charge on any atom is 0.149 e. The number of anilines is 1. The summed E-state index contributed by atoms with van der Waals surface area (Å²) < 4.78 is 25.7. The Morgan fingerprint density at radius 1 is 1.33 bits per heavy atom. The Morgan fingerprint density at radius 3 is 2.80 bits per heavy atom. The summed E-state index contributed by atoms with van der Waals surface area (Å²) >= 11 is 1.71. The summed E-state index contributed by atoms with van der Waals surface area (Å²) in [6.07, 6.45) is 2.33. The number of benzene rings is 1. The predicted molar refractivity (Wildman–Crippen MR) is 62.2 cm³/mol. The summed E-state index contributed by atoms with van der Waals surface area (Å²) in [5, 5.41) is 2.92. The molecular formula is C11H15F2NS. The maximum absolute atomic E-state index is 13.1. The summed E-state index contributed by atoms with van der Waals surface area (Å²) in [4.78, 5) is 0. The van der Waals surface area contributed by atoms with Crippen LogP contribution in [0.2, 0.25) is 0 Å². The molecular weight excluding hydrogens is 216 g/mol. The van der Waals surface area contributed by atoms with Gasteiger partial charge in [-0.15, -0.1) is 11.8 Å². The van der Waals surface area contributed by atoms with E-state index in [1.807, 2.05) is 0 Å². The molecule has 0 bridgehead atoms. The van der Waals surface area contributed by atoms with Gasteiger partial charge in [0.2, 0.25) is 0 Å². The lowest BCUT2D eigenvalue weighted by atomic mass is 10.3. The lowest BCUT2D eigenvalue weighted by molar-refractivity contribution is 0.585. The molecule has 0 atom stereocenters. The van der Waals surface area contributed by atoms with Gasteiger partial charge in [0.15, 0.2) is 0 Å². The third kappa shape index (κ3) is 4.51. The van der Waals surface area contributed by atoms with Crippen molar-refractivity contribution < 1.29 is 8.78 Å². The third-order valence-corrected chi connectivity index (χ3v) is 2.86. The Hall–Kier alpha value is -0.770. The molecule has 0 spiro atoms. The van der Waals surface area contributed by atoms with E-state index in [0.29, 0.717) is 11.6 Å². The average molecular weight is 231 g/mol. The number of thioether (sulfide) groups is 1. The van der Waals surface area contributed by atoms with E-state index in [1.54, 1.807) is 11.8 Å².